The fourth-order valence-electron chi connectivity index (χ4n) is 4.37. The summed E-state index contributed by atoms with van der Waals surface area (Å²) in [6.45, 7) is 0. The first-order valence-corrected chi connectivity index (χ1v) is 13.8. The van der Waals surface area contributed by atoms with Gasteiger partial charge in [-0.3, -0.25) is 9.59 Å². The number of nitrogens with one attached hydrogen (secondary N) is 2. The Balaban J connectivity index is 1.58. The third kappa shape index (κ3) is 6.61. The van der Waals surface area contributed by atoms with E-state index in [0.29, 0.717) is 40.5 Å². The fourth-order valence-corrected chi connectivity index (χ4v) is 5.79. The summed E-state index contributed by atoms with van der Waals surface area (Å²) in [5.74, 6) is -2.91. The minimum absolute atomic E-state index is 0.0437. The Hall–Kier alpha value is -3.94. The van der Waals surface area contributed by atoms with Crippen molar-refractivity contribution in [3.8, 4) is 17.2 Å². The lowest BCUT2D eigenvalue weighted by molar-refractivity contribution is -0.124. The second-order valence-electron chi connectivity index (χ2n) is 9.30. The zero-order valence-corrected chi connectivity index (χ0v) is 22.6. The zero-order chi connectivity index (χ0) is 28.9. The molecular weight excluding hydrogens is 560 g/mol. The minimum atomic E-state index is -1.37. The Kier molecular flexibility index (Phi) is 9.07. The molecule has 2 amide bonds. The Labute approximate surface area is 238 Å². The molecule has 3 N–H and O–H groups in total. The Morgan fingerprint density at radius 3 is 2.25 bits per heavy atom. The number of carboxylic acids is 1. The molecule has 1 atom stereocenters. The van der Waals surface area contributed by atoms with E-state index >= 15 is 0 Å². The average molecular weight is 584 g/mol. The summed E-state index contributed by atoms with van der Waals surface area (Å²) in [4.78, 5) is 37.9. The number of benzene rings is 3. The van der Waals surface area contributed by atoms with Gasteiger partial charge in [-0.25, -0.2) is 13.6 Å². The number of amides is 2. The van der Waals surface area contributed by atoms with Gasteiger partial charge in [0, 0.05) is 28.1 Å². The van der Waals surface area contributed by atoms with Crippen LogP contribution in [0, 0.1) is 23.0 Å². The molecule has 0 spiro atoms. The molecule has 1 fully saturated rings. The van der Waals surface area contributed by atoms with Gasteiger partial charge in [-0.15, -0.1) is 0 Å². The van der Waals surface area contributed by atoms with E-state index in [9.17, 15) is 33.5 Å². The summed E-state index contributed by atoms with van der Waals surface area (Å²) in [5.41, 5.74) is -0.305. The summed E-state index contributed by atoms with van der Waals surface area (Å²) in [7, 11) is 0. The van der Waals surface area contributed by atoms with Gasteiger partial charge in [0.25, 0.3) is 5.91 Å². The van der Waals surface area contributed by atoms with E-state index in [1.165, 1.54) is 36.4 Å². The van der Waals surface area contributed by atoms with E-state index in [0.717, 1.165) is 12.1 Å². The van der Waals surface area contributed by atoms with Gasteiger partial charge in [0.2, 0.25) is 5.91 Å². The molecule has 3 aromatic rings. The fraction of sp³-hybridized carbons (Fsp3) is 0.241. The second-order valence-corrected chi connectivity index (χ2v) is 10.9. The van der Waals surface area contributed by atoms with Crippen LogP contribution in [0.1, 0.15) is 39.1 Å². The summed E-state index contributed by atoms with van der Waals surface area (Å²) in [5, 5.41) is 24.6. The molecule has 206 valence electrons. The van der Waals surface area contributed by atoms with Crippen molar-refractivity contribution < 1.29 is 28.3 Å². The minimum Gasteiger partial charge on any atom is -0.478 e. The largest absolute Gasteiger partial charge is 0.478 e. The van der Waals surface area contributed by atoms with Crippen molar-refractivity contribution in [2.75, 3.05) is 11.5 Å². The van der Waals surface area contributed by atoms with Crippen LogP contribution in [0.2, 0.25) is 5.02 Å². The maximum atomic E-state index is 14.5. The second kappa shape index (κ2) is 12.5. The highest BCUT2D eigenvalue weighted by atomic mass is 35.5. The molecule has 40 heavy (non-hydrogen) atoms. The molecule has 1 heterocycles. The zero-order valence-electron chi connectivity index (χ0n) is 21.0. The van der Waals surface area contributed by atoms with Gasteiger partial charge in [0.05, 0.1) is 11.6 Å². The van der Waals surface area contributed by atoms with Crippen LogP contribution in [-0.2, 0) is 11.2 Å². The number of carbonyl (C=O) groups is 3. The summed E-state index contributed by atoms with van der Waals surface area (Å²) >= 11 is 7.90. The number of hydrogen-bond acceptors (Lipinski definition) is 5. The Morgan fingerprint density at radius 1 is 1.02 bits per heavy atom. The van der Waals surface area contributed by atoms with Gasteiger partial charge in [0.15, 0.2) is 0 Å². The lowest BCUT2D eigenvalue weighted by Gasteiger charge is -2.33. The molecule has 0 saturated carbocycles. The van der Waals surface area contributed by atoms with Crippen LogP contribution in [0.5, 0.6) is 0 Å². The number of aromatic carboxylic acids is 1. The lowest BCUT2D eigenvalue weighted by Crippen LogP contribution is -2.57. The third-order valence-corrected chi connectivity index (χ3v) is 8.00. The molecule has 0 aliphatic carbocycles. The maximum Gasteiger partial charge on any atom is 0.335 e. The molecule has 1 aliphatic heterocycles. The van der Waals surface area contributed by atoms with Crippen LogP contribution in [0.3, 0.4) is 0 Å². The van der Waals surface area contributed by atoms with Crippen molar-refractivity contribution in [1.82, 2.24) is 10.6 Å². The molecule has 0 bridgehead atoms. The summed E-state index contributed by atoms with van der Waals surface area (Å²) in [6.07, 6.45) is 0.339. The van der Waals surface area contributed by atoms with Gasteiger partial charge in [-0.05, 0) is 72.4 Å². The van der Waals surface area contributed by atoms with Crippen LogP contribution < -0.4 is 10.6 Å². The molecule has 4 rings (SSSR count). The third-order valence-electron chi connectivity index (χ3n) is 6.69. The van der Waals surface area contributed by atoms with Crippen molar-refractivity contribution in [1.29, 1.82) is 5.26 Å². The van der Waals surface area contributed by atoms with Gasteiger partial charge in [-0.1, -0.05) is 29.8 Å². The first-order chi connectivity index (χ1) is 19.1. The van der Waals surface area contributed by atoms with Crippen LogP contribution in [-0.4, -0.2) is 46.0 Å². The maximum absolute atomic E-state index is 14.5. The van der Waals surface area contributed by atoms with E-state index in [-0.39, 0.29) is 16.7 Å². The highest BCUT2D eigenvalue weighted by Gasteiger charge is 2.36. The van der Waals surface area contributed by atoms with E-state index in [2.05, 4.69) is 16.7 Å². The van der Waals surface area contributed by atoms with Crippen LogP contribution in [0.15, 0.2) is 60.7 Å². The standard InChI is InChI=1S/C29H24ClF2N3O4S/c30-22-9-8-19(28(38)39)14-20(22)17-4-6-18(7-5-17)26(36)34-25(15-21-23(31)2-1-3-24(21)32)27(37)35-29(16-33)10-12-40-13-11-29/h1-9,14,25H,10-13,15H2,(H,34,36)(H,35,37)(H,38,39)/t25-/m0/s1. The number of carbonyl (C=O) groups excluding carboxylic acids is 2. The molecule has 1 aliphatic rings. The van der Waals surface area contributed by atoms with Crippen LogP contribution >= 0.6 is 23.4 Å². The number of rotatable bonds is 8. The predicted octanol–water partition coefficient (Wildman–Crippen LogP) is 5.23. The van der Waals surface area contributed by atoms with E-state index in [1.54, 1.807) is 23.9 Å². The average Bonchev–Trinajstić information content (AvgIpc) is 2.95. The van der Waals surface area contributed by atoms with Crippen LogP contribution in [0.4, 0.5) is 8.78 Å². The highest BCUT2D eigenvalue weighted by molar-refractivity contribution is 7.99. The number of nitrogens with zero attached hydrogens (tertiary/aromatic N) is 1. The number of nitriles is 1. The number of hydrogen-bond donors (Lipinski definition) is 3. The number of thioether (sulfide) groups is 1. The van der Waals surface area contributed by atoms with Gasteiger partial charge < -0.3 is 15.7 Å². The normalized spacial score (nSPS) is 14.9. The van der Waals surface area contributed by atoms with Crippen molar-refractivity contribution in [3.63, 3.8) is 0 Å². The summed E-state index contributed by atoms with van der Waals surface area (Å²) in [6, 6.07) is 14.4. The highest BCUT2D eigenvalue weighted by Crippen LogP contribution is 2.30. The van der Waals surface area contributed by atoms with Gasteiger partial charge in [0.1, 0.15) is 23.2 Å². The first kappa shape index (κ1) is 29.1. The number of halogens is 3. The Bertz CT molecular complexity index is 1470. The molecule has 0 radical (unpaired) electrons. The first-order valence-electron chi connectivity index (χ1n) is 12.3. The van der Waals surface area contributed by atoms with Crippen molar-refractivity contribution in [2.45, 2.75) is 30.8 Å². The Morgan fingerprint density at radius 2 is 1.65 bits per heavy atom. The van der Waals surface area contributed by atoms with Gasteiger partial charge >= 0.3 is 5.97 Å². The lowest BCUT2D eigenvalue weighted by atomic mass is 9.93. The summed E-state index contributed by atoms with van der Waals surface area (Å²) < 4.78 is 28.9. The van der Waals surface area contributed by atoms with Crippen molar-refractivity contribution in [3.05, 3.63) is 94.0 Å². The molecule has 0 aromatic heterocycles. The molecular formula is C29H24ClF2N3O4S. The van der Waals surface area contributed by atoms with Gasteiger partial charge in [-0.2, -0.15) is 17.0 Å². The van der Waals surface area contributed by atoms with Crippen molar-refractivity contribution in [2.24, 2.45) is 0 Å². The topological polar surface area (TPSA) is 119 Å². The molecule has 3 aromatic carbocycles. The van der Waals surface area contributed by atoms with E-state index < -0.39 is 47.4 Å². The predicted molar refractivity (Wildman–Crippen MR) is 148 cm³/mol. The SMILES string of the molecule is N#CC1(NC(=O)[C@H](Cc2c(F)cccc2F)NC(=O)c2ccc(-c3cc(C(=O)O)ccc3Cl)cc2)CCSCC1. The van der Waals surface area contributed by atoms with E-state index in [1.807, 2.05) is 0 Å². The number of carboxylic acid groups (broad SMARTS) is 1. The molecule has 1 saturated heterocycles. The molecule has 11 heteroatoms. The van der Waals surface area contributed by atoms with Crippen LogP contribution in [0.25, 0.3) is 11.1 Å². The smallest absolute Gasteiger partial charge is 0.335 e. The van der Waals surface area contributed by atoms with Crippen molar-refractivity contribution >= 4 is 41.1 Å². The molecule has 7 nitrogen and oxygen atoms in total. The van der Waals surface area contributed by atoms with E-state index in [4.69, 9.17) is 11.6 Å². The quantitative estimate of drug-likeness (QED) is 0.334. The monoisotopic (exact) mass is 583 g/mol. The molecule has 0 unspecified atom stereocenters.